The Kier molecular flexibility index (Phi) is 5.98. The average Bonchev–Trinajstić information content (AvgIpc) is 2.41. The molecule has 0 saturated heterocycles. The Balaban J connectivity index is 2.94. The van der Waals surface area contributed by atoms with E-state index in [0.717, 1.165) is 6.07 Å². The van der Waals surface area contributed by atoms with Crippen LogP contribution in [-0.4, -0.2) is 53.4 Å². The van der Waals surface area contributed by atoms with Gasteiger partial charge in [-0.25, -0.2) is 9.59 Å². The Labute approximate surface area is 123 Å². The second kappa shape index (κ2) is 7.49. The van der Waals surface area contributed by atoms with Crippen LogP contribution in [0.15, 0.2) is 18.2 Å². The van der Waals surface area contributed by atoms with Gasteiger partial charge < -0.3 is 25.2 Å². The third-order valence-electron chi connectivity index (χ3n) is 3.02. The lowest BCUT2D eigenvalue weighted by atomic mass is 10.1. The molecule has 1 rings (SSSR count). The SMILES string of the molecule is CCN(C(=O)Nc1ccc(O)cc1C(=O)O)C(C)COC. The number of ether oxygens (including phenoxy) is 1. The van der Waals surface area contributed by atoms with Crippen LogP contribution in [0.1, 0.15) is 24.2 Å². The molecule has 7 heteroatoms. The Hall–Kier alpha value is -2.28. The molecular weight excluding hydrogens is 276 g/mol. The lowest BCUT2D eigenvalue weighted by molar-refractivity contribution is 0.0697. The zero-order valence-electron chi connectivity index (χ0n) is 12.3. The summed E-state index contributed by atoms with van der Waals surface area (Å²) in [7, 11) is 1.55. The Morgan fingerprint density at radius 3 is 2.62 bits per heavy atom. The van der Waals surface area contributed by atoms with Gasteiger partial charge in [-0.05, 0) is 32.0 Å². The molecule has 0 aliphatic rings. The van der Waals surface area contributed by atoms with Gasteiger partial charge in [0.1, 0.15) is 5.75 Å². The molecule has 0 bridgehead atoms. The fraction of sp³-hybridized carbons (Fsp3) is 0.429. The van der Waals surface area contributed by atoms with Gasteiger partial charge in [0, 0.05) is 13.7 Å². The van der Waals surface area contributed by atoms with E-state index in [4.69, 9.17) is 9.84 Å². The van der Waals surface area contributed by atoms with Crippen molar-refractivity contribution in [3.63, 3.8) is 0 Å². The molecule has 116 valence electrons. The third kappa shape index (κ3) is 4.35. The molecule has 0 aromatic heterocycles. The number of hydrogen-bond donors (Lipinski definition) is 3. The Morgan fingerprint density at radius 2 is 2.10 bits per heavy atom. The van der Waals surface area contributed by atoms with Gasteiger partial charge in [0.2, 0.25) is 0 Å². The van der Waals surface area contributed by atoms with Crippen LogP contribution in [0.2, 0.25) is 0 Å². The minimum absolute atomic E-state index is 0.133. The molecule has 0 spiro atoms. The molecule has 21 heavy (non-hydrogen) atoms. The highest BCUT2D eigenvalue weighted by Crippen LogP contribution is 2.22. The summed E-state index contributed by atoms with van der Waals surface area (Å²) >= 11 is 0. The smallest absolute Gasteiger partial charge is 0.337 e. The molecule has 1 atom stereocenters. The van der Waals surface area contributed by atoms with Crippen LogP contribution in [0.3, 0.4) is 0 Å². The Bertz CT molecular complexity index is 518. The van der Waals surface area contributed by atoms with E-state index in [0.29, 0.717) is 13.2 Å². The highest BCUT2D eigenvalue weighted by atomic mass is 16.5. The van der Waals surface area contributed by atoms with E-state index in [1.54, 1.807) is 7.11 Å². The first-order valence-electron chi connectivity index (χ1n) is 6.53. The van der Waals surface area contributed by atoms with Crippen molar-refractivity contribution in [2.75, 3.05) is 25.6 Å². The highest BCUT2D eigenvalue weighted by molar-refractivity contribution is 6.00. The van der Waals surface area contributed by atoms with Crippen molar-refractivity contribution in [2.24, 2.45) is 0 Å². The molecule has 2 amide bonds. The number of nitrogens with zero attached hydrogens (tertiary/aromatic N) is 1. The summed E-state index contributed by atoms with van der Waals surface area (Å²) in [5.41, 5.74) is -0.0350. The number of hydrogen-bond acceptors (Lipinski definition) is 4. The lowest BCUT2D eigenvalue weighted by Gasteiger charge is -2.27. The maximum atomic E-state index is 12.2. The standard InChI is InChI=1S/C14H20N2O5/c1-4-16(9(2)8-21-3)14(20)15-12-6-5-10(17)7-11(12)13(18)19/h5-7,9,17H,4,8H2,1-3H3,(H,15,20)(H,18,19). The Morgan fingerprint density at radius 1 is 1.43 bits per heavy atom. The number of methoxy groups -OCH3 is 1. The summed E-state index contributed by atoms with van der Waals surface area (Å²) in [6.07, 6.45) is 0. The molecule has 1 aromatic carbocycles. The van der Waals surface area contributed by atoms with Crippen LogP contribution < -0.4 is 5.32 Å². The van der Waals surface area contributed by atoms with E-state index in [2.05, 4.69) is 5.32 Å². The number of phenols is 1. The fourth-order valence-corrected chi connectivity index (χ4v) is 1.99. The molecule has 0 aliphatic carbocycles. The molecule has 0 aliphatic heterocycles. The lowest BCUT2D eigenvalue weighted by Crippen LogP contribution is -2.43. The summed E-state index contributed by atoms with van der Waals surface area (Å²) in [4.78, 5) is 24.9. The van der Waals surface area contributed by atoms with Crippen LogP contribution in [0.5, 0.6) is 5.75 Å². The molecule has 0 saturated carbocycles. The molecule has 0 radical (unpaired) electrons. The first-order chi connectivity index (χ1) is 9.90. The number of benzene rings is 1. The first-order valence-corrected chi connectivity index (χ1v) is 6.53. The number of aromatic carboxylic acids is 1. The van der Waals surface area contributed by atoms with Crippen molar-refractivity contribution in [3.05, 3.63) is 23.8 Å². The third-order valence-corrected chi connectivity index (χ3v) is 3.02. The molecular formula is C14H20N2O5. The number of carboxylic acid groups (broad SMARTS) is 1. The van der Waals surface area contributed by atoms with E-state index in [9.17, 15) is 14.7 Å². The van der Waals surface area contributed by atoms with Crippen molar-refractivity contribution in [1.82, 2.24) is 4.90 Å². The van der Waals surface area contributed by atoms with Crippen LogP contribution in [0.25, 0.3) is 0 Å². The first kappa shape index (κ1) is 16.8. The highest BCUT2D eigenvalue weighted by Gasteiger charge is 2.20. The van der Waals surface area contributed by atoms with Gasteiger partial charge in [-0.3, -0.25) is 0 Å². The number of carbonyl (C=O) groups is 2. The van der Waals surface area contributed by atoms with E-state index in [-0.39, 0.29) is 23.0 Å². The number of carboxylic acids is 1. The van der Waals surface area contributed by atoms with Gasteiger partial charge in [-0.1, -0.05) is 0 Å². The maximum Gasteiger partial charge on any atom is 0.337 e. The van der Waals surface area contributed by atoms with Crippen molar-refractivity contribution in [3.8, 4) is 5.75 Å². The minimum Gasteiger partial charge on any atom is -0.508 e. The number of rotatable bonds is 6. The number of urea groups is 1. The number of phenolic OH excluding ortho intramolecular Hbond substituents is 1. The van der Waals surface area contributed by atoms with Gasteiger partial charge in [0.15, 0.2) is 0 Å². The van der Waals surface area contributed by atoms with E-state index < -0.39 is 12.0 Å². The summed E-state index contributed by atoms with van der Waals surface area (Å²) < 4.78 is 5.02. The monoisotopic (exact) mass is 296 g/mol. The summed E-state index contributed by atoms with van der Waals surface area (Å²) in [6.45, 7) is 4.49. The molecule has 7 nitrogen and oxygen atoms in total. The molecule has 1 aromatic rings. The topological polar surface area (TPSA) is 99.1 Å². The van der Waals surface area contributed by atoms with Crippen LogP contribution >= 0.6 is 0 Å². The van der Waals surface area contributed by atoms with Crippen molar-refractivity contribution in [2.45, 2.75) is 19.9 Å². The number of amides is 2. The quantitative estimate of drug-likeness (QED) is 0.697. The second-order valence-electron chi connectivity index (χ2n) is 4.56. The van der Waals surface area contributed by atoms with Crippen LogP contribution in [0.4, 0.5) is 10.5 Å². The largest absolute Gasteiger partial charge is 0.508 e. The van der Waals surface area contributed by atoms with Gasteiger partial charge in [0.05, 0.1) is 23.9 Å². The van der Waals surface area contributed by atoms with Gasteiger partial charge in [0.25, 0.3) is 0 Å². The number of likely N-dealkylation sites (N-methyl/N-ethyl adjacent to an activating group) is 1. The van der Waals surface area contributed by atoms with E-state index in [1.165, 1.54) is 17.0 Å². The van der Waals surface area contributed by atoms with E-state index in [1.807, 2.05) is 13.8 Å². The van der Waals surface area contributed by atoms with Gasteiger partial charge in [-0.2, -0.15) is 0 Å². The van der Waals surface area contributed by atoms with E-state index >= 15 is 0 Å². The summed E-state index contributed by atoms with van der Waals surface area (Å²) in [5.74, 6) is -1.40. The second-order valence-corrected chi connectivity index (χ2v) is 4.56. The zero-order valence-corrected chi connectivity index (χ0v) is 12.3. The molecule has 0 fully saturated rings. The summed E-state index contributed by atoms with van der Waals surface area (Å²) in [5, 5.41) is 21.0. The van der Waals surface area contributed by atoms with Gasteiger partial charge in [-0.15, -0.1) is 0 Å². The number of anilines is 1. The minimum atomic E-state index is -1.23. The molecule has 3 N–H and O–H groups in total. The van der Waals surface area contributed by atoms with Crippen molar-refractivity contribution >= 4 is 17.7 Å². The molecule has 0 heterocycles. The predicted octanol–water partition coefficient (Wildman–Crippen LogP) is 1.98. The van der Waals surface area contributed by atoms with Gasteiger partial charge >= 0.3 is 12.0 Å². The number of nitrogens with one attached hydrogen (secondary N) is 1. The van der Waals surface area contributed by atoms with Crippen molar-refractivity contribution < 1.29 is 24.5 Å². The average molecular weight is 296 g/mol. The normalized spacial score (nSPS) is 11.8. The number of aromatic hydroxyl groups is 1. The van der Waals surface area contributed by atoms with Crippen molar-refractivity contribution in [1.29, 1.82) is 0 Å². The summed E-state index contributed by atoms with van der Waals surface area (Å²) in [6, 6.07) is 3.19. The molecule has 1 unspecified atom stereocenters. The van der Waals surface area contributed by atoms with Crippen LogP contribution in [0, 0.1) is 0 Å². The maximum absolute atomic E-state index is 12.2. The predicted molar refractivity (Wildman–Crippen MR) is 77.8 cm³/mol. The zero-order chi connectivity index (χ0) is 16.0. The fourth-order valence-electron chi connectivity index (χ4n) is 1.99. The number of carbonyl (C=O) groups excluding carboxylic acids is 1. The van der Waals surface area contributed by atoms with Crippen LogP contribution in [-0.2, 0) is 4.74 Å².